The lowest BCUT2D eigenvalue weighted by Crippen LogP contribution is -2.16. The number of anilines is 1. The number of nitrogens with two attached hydrogens (primary N) is 1. The molecule has 0 saturated carbocycles. The fraction of sp³-hybridized carbons (Fsp3) is 0.111. The number of halogens is 1. The van der Waals surface area contributed by atoms with Crippen molar-refractivity contribution in [2.45, 2.75) is 18.7 Å². The highest BCUT2D eigenvalue weighted by Crippen LogP contribution is 2.29. The molecule has 0 fully saturated rings. The Hall–Kier alpha value is -2.62. The van der Waals surface area contributed by atoms with Gasteiger partial charge in [0.25, 0.3) is 5.91 Å². The SMILES string of the molecule is Cc1ccc(NC(=O)c2sc(-c3ccc(F)cc3)nc2C)cc1S(N)(=O)=O. The molecule has 0 spiro atoms. The van der Waals surface area contributed by atoms with Crippen LogP contribution in [0.25, 0.3) is 10.6 Å². The predicted molar refractivity (Wildman–Crippen MR) is 103 cm³/mol. The summed E-state index contributed by atoms with van der Waals surface area (Å²) in [5, 5.41) is 8.45. The van der Waals surface area contributed by atoms with Crippen LogP contribution in [-0.2, 0) is 10.0 Å². The van der Waals surface area contributed by atoms with Crippen molar-refractivity contribution in [2.75, 3.05) is 5.32 Å². The van der Waals surface area contributed by atoms with Gasteiger partial charge in [0.05, 0.1) is 10.6 Å². The summed E-state index contributed by atoms with van der Waals surface area (Å²) in [6, 6.07) is 10.3. The summed E-state index contributed by atoms with van der Waals surface area (Å²) in [7, 11) is -3.89. The van der Waals surface area contributed by atoms with E-state index in [-0.39, 0.29) is 10.7 Å². The Labute approximate surface area is 159 Å². The van der Waals surface area contributed by atoms with E-state index in [0.717, 1.165) is 0 Å². The van der Waals surface area contributed by atoms with Gasteiger partial charge >= 0.3 is 0 Å². The molecule has 3 aromatic rings. The minimum absolute atomic E-state index is 0.0478. The molecule has 0 aliphatic carbocycles. The largest absolute Gasteiger partial charge is 0.321 e. The van der Waals surface area contributed by atoms with E-state index >= 15 is 0 Å². The molecule has 0 unspecified atom stereocenters. The van der Waals surface area contributed by atoms with Crippen LogP contribution in [-0.4, -0.2) is 19.3 Å². The second-order valence-corrected chi connectivity index (χ2v) is 8.45. The van der Waals surface area contributed by atoms with Gasteiger partial charge in [0.1, 0.15) is 15.7 Å². The molecule has 1 amide bonds. The van der Waals surface area contributed by atoms with Crippen LogP contribution in [0.4, 0.5) is 10.1 Å². The molecule has 0 bridgehead atoms. The van der Waals surface area contributed by atoms with Crippen molar-refractivity contribution in [3.8, 4) is 10.6 Å². The van der Waals surface area contributed by atoms with Gasteiger partial charge in [-0.1, -0.05) is 6.07 Å². The van der Waals surface area contributed by atoms with E-state index in [2.05, 4.69) is 10.3 Å². The Bertz CT molecular complexity index is 1120. The fourth-order valence-electron chi connectivity index (χ4n) is 2.50. The van der Waals surface area contributed by atoms with E-state index in [1.165, 1.54) is 29.5 Å². The van der Waals surface area contributed by atoms with Crippen molar-refractivity contribution in [2.24, 2.45) is 5.14 Å². The van der Waals surface area contributed by atoms with Crippen molar-refractivity contribution in [1.82, 2.24) is 4.98 Å². The third-order valence-corrected chi connectivity index (χ3v) is 6.10. The number of nitrogens with one attached hydrogen (secondary N) is 1. The van der Waals surface area contributed by atoms with E-state index in [1.807, 2.05) is 0 Å². The summed E-state index contributed by atoms with van der Waals surface area (Å²) >= 11 is 1.17. The molecule has 3 N–H and O–H groups in total. The molecule has 27 heavy (non-hydrogen) atoms. The smallest absolute Gasteiger partial charge is 0.267 e. The second-order valence-electron chi connectivity index (χ2n) is 5.92. The highest BCUT2D eigenvalue weighted by molar-refractivity contribution is 7.89. The summed E-state index contributed by atoms with van der Waals surface area (Å²) in [5.74, 6) is -0.766. The Kier molecular flexibility index (Phi) is 5.09. The summed E-state index contributed by atoms with van der Waals surface area (Å²) in [5.41, 5.74) is 2.03. The Morgan fingerprint density at radius 3 is 2.44 bits per heavy atom. The maximum Gasteiger partial charge on any atom is 0.267 e. The minimum Gasteiger partial charge on any atom is -0.321 e. The fourth-order valence-corrected chi connectivity index (χ4v) is 4.27. The lowest BCUT2D eigenvalue weighted by Gasteiger charge is -2.08. The number of carbonyl (C=O) groups excluding carboxylic acids is 1. The van der Waals surface area contributed by atoms with E-state index in [0.29, 0.717) is 32.4 Å². The molecule has 0 radical (unpaired) electrons. The number of thiazole rings is 1. The first-order valence-electron chi connectivity index (χ1n) is 7.83. The van der Waals surface area contributed by atoms with Crippen molar-refractivity contribution < 1.29 is 17.6 Å². The number of primary sulfonamides is 1. The van der Waals surface area contributed by atoms with Crippen LogP contribution in [0.1, 0.15) is 20.9 Å². The monoisotopic (exact) mass is 405 g/mol. The van der Waals surface area contributed by atoms with Gasteiger partial charge < -0.3 is 5.32 Å². The van der Waals surface area contributed by atoms with Gasteiger partial charge in [-0.05, 0) is 55.8 Å². The van der Waals surface area contributed by atoms with E-state index in [1.54, 1.807) is 38.1 Å². The van der Waals surface area contributed by atoms with E-state index in [9.17, 15) is 17.6 Å². The van der Waals surface area contributed by atoms with Crippen molar-refractivity contribution >= 4 is 33.0 Å². The zero-order valence-corrected chi connectivity index (χ0v) is 16.1. The van der Waals surface area contributed by atoms with Gasteiger partial charge in [0, 0.05) is 11.3 Å². The number of carbonyl (C=O) groups is 1. The predicted octanol–water partition coefficient (Wildman–Crippen LogP) is 3.47. The first kappa shape index (κ1) is 19.2. The van der Waals surface area contributed by atoms with Gasteiger partial charge in [-0.3, -0.25) is 4.79 Å². The number of nitrogens with zero attached hydrogens (tertiary/aromatic N) is 1. The zero-order valence-electron chi connectivity index (χ0n) is 14.5. The number of amides is 1. The number of sulfonamides is 1. The van der Waals surface area contributed by atoms with Gasteiger partial charge in [-0.2, -0.15) is 0 Å². The van der Waals surface area contributed by atoms with Gasteiger partial charge in [-0.15, -0.1) is 11.3 Å². The Morgan fingerprint density at radius 1 is 1.15 bits per heavy atom. The van der Waals surface area contributed by atoms with Crippen LogP contribution >= 0.6 is 11.3 Å². The topological polar surface area (TPSA) is 102 Å². The number of benzene rings is 2. The molecule has 1 aromatic heterocycles. The minimum atomic E-state index is -3.89. The number of hydrogen-bond acceptors (Lipinski definition) is 5. The normalized spacial score (nSPS) is 11.4. The van der Waals surface area contributed by atoms with Crippen LogP contribution < -0.4 is 10.5 Å². The van der Waals surface area contributed by atoms with E-state index < -0.39 is 15.9 Å². The summed E-state index contributed by atoms with van der Waals surface area (Å²) in [6.45, 7) is 3.32. The van der Waals surface area contributed by atoms with E-state index in [4.69, 9.17) is 5.14 Å². The third-order valence-electron chi connectivity index (χ3n) is 3.85. The molecule has 0 aliphatic rings. The van der Waals surface area contributed by atoms with Crippen molar-refractivity contribution in [3.05, 3.63) is 64.4 Å². The quantitative estimate of drug-likeness (QED) is 0.694. The van der Waals surface area contributed by atoms with Gasteiger partial charge in [0.2, 0.25) is 10.0 Å². The average molecular weight is 405 g/mol. The van der Waals surface area contributed by atoms with Gasteiger partial charge in [-0.25, -0.2) is 22.9 Å². The number of aryl methyl sites for hydroxylation is 2. The second kappa shape index (κ2) is 7.18. The lowest BCUT2D eigenvalue weighted by molar-refractivity contribution is 0.102. The molecule has 1 heterocycles. The Morgan fingerprint density at radius 2 is 1.81 bits per heavy atom. The first-order valence-corrected chi connectivity index (χ1v) is 10.2. The van der Waals surface area contributed by atoms with Crippen molar-refractivity contribution in [3.63, 3.8) is 0 Å². The number of rotatable bonds is 4. The van der Waals surface area contributed by atoms with Crippen LogP contribution in [0.2, 0.25) is 0 Å². The molecule has 0 atom stereocenters. The lowest BCUT2D eigenvalue weighted by atomic mass is 10.2. The molecule has 0 aliphatic heterocycles. The molecular weight excluding hydrogens is 389 g/mol. The maximum atomic E-state index is 13.1. The van der Waals surface area contributed by atoms with Crippen molar-refractivity contribution in [1.29, 1.82) is 0 Å². The molecule has 3 rings (SSSR count). The van der Waals surface area contributed by atoms with Gasteiger partial charge in [0.15, 0.2) is 0 Å². The molecule has 9 heteroatoms. The summed E-state index contributed by atoms with van der Waals surface area (Å²) in [6.07, 6.45) is 0. The molecule has 6 nitrogen and oxygen atoms in total. The molecule has 140 valence electrons. The zero-order chi connectivity index (χ0) is 19.8. The standard InChI is InChI=1S/C18H16FN3O3S2/c1-10-3-8-14(9-15(10)27(20,24)25)22-17(23)16-11(2)21-18(26-16)12-4-6-13(19)7-5-12/h3-9H,1-2H3,(H,22,23)(H2,20,24,25). The first-order chi connectivity index (χ1) is 12.6. The Balaban J connectivity index is 1.88. The van der Waals surface area contributed by atoms with Crippen LogP contribution in [0, 0.1) is 19.7 Å². The highest BCUT2D eigenvalue weighted by atomic mass is 32.2. The third kappa shape index (κ3) is 4.21. The molecule has 0 saturated heterocycles. The summed E-state index contributed by atoms with van der Waals surface area (Å²) < 4.78 is 36.3. The maximum absolute atomic E-state index is 13.1. The average Bonchev–Trinajstić information content (AvgIpc) is 2.98. The van der Waals surface area contributed by atoms with Crippen LogP contribution in [0.3, 0.4) is 0 Å². The van der Waals surface area contributed by atoms with Crippen LogP contribution in [0.5, 0.6) is 0 Å². The molecule has 2 aromatic carbocycles. The summed E-state index contributed by atoms with van der Waals surface area (Å²) in [4.78, 5) is 17.3. The molecular formula is C18H16FN3O3S2. The number of aromatic nitrogens is 1. The highest BCUT2D eigenvalue weighted by Gasteiger charge is 2.18. The van der Waals surface area contributed by atoms with Crippen LogP contribution in [0.15, 0.2) is 47.4 Å². The number of hydrogen-bond donors (Lipinski definition) is 2.